The second kappa shape index (κ2) is 7.09. The summed E-state index contributed by atoms with van der Waals surface area (Å²) in [4.78, 5) is 0.132. The summed E-state index contributed by atoms with van der Waals surface area (Å²) in [6.45, 7) is 7.64. The molecular weight excluding hydrogens is 350 g/mol. The number of hydrogen-bond donors (Lipinski definition) is 1. The van der Waals surface area contributed by atoms with Crippen molar-refractivity contribution in [1.29, 1.82) is 0 Å². The third-order valence-corrected chi connectivity index (χ3v) is 6.18. The smallest absolute Gasteiger partial charge is 0.245 e. The van der Waals surface area contributed by atoms with Gasteiger partial charge in [0.05, 0.1) is 0 Å². The van der Waals surface area contributed by atoms with E-state index in [1.165, 1.54) is 0 Å². The predicted octanol–water partition coefficient (Wildman–Crippen LogP) is 3.22. The van der Waals surface area contributed by atoms with Gasteiger partial charge in [0.15, 0.2) is 5.76 Å². The monoisotopic (exact) mass is 373 g/mol. The zero-order valence-corrected chi connectivity index (χ0v) is 16.2. The van der Waals surface area contributed by atoms with Crippen LogP contribution in [0.1, 0.15) is 28.4 Å². The SMILES string of the molecule is Cc1noc(C)c1S(=O)(=O)NCCc1cc(C)n(-c2ccccc2)c1C. The number of nitrogens with one attached hydrogen (secondary N) is 1. The zero-order valence-electron chi connectivity index (χ0n) is 15.4. The summed E-state index contributed by atoms with van der Waals surface area (Å²) in [5.74, 6) is 0.303. The van der Waals surface area contributed by atoms with Crippen LogP contribution in [0.5, 0.6) is 0 Å². The van der Waals surface area contributed by atoms with E-state index in [0.717, 1.165) is 22.6 Å². The lowest BCUT2D eigenvalue weighted by Gasteiger charge is -2.10. The number of aromatic nitrogens is 2. The molecule has 3 rings (SSSR count). The van der Waals surface area contributed by atoms with E-state index in [1.54, 1.807) is 13.8 Å². The fourth-order valence-electron chi connectivity index (χ4n) is 3.31. The maximum Gasteiger partial charge on any atom is 0.245 e. The molecule has 0 aliphatic rings. The van der Waals surface area contributed by atoms with Crippen molar-refractivity contribution in [1.82, 2.24) is 14.4 Å². The van der Waals surface area contributed by atoms with Crippen LogP contribution in [0.15, 0.2) is 45.8 Å². The highest BCUT2D eigenvalue weighted by Crippen LogP contribution is 2.22. The quantitative estimate of drug-likeness (QED) is 0.720. The molecule has 0 atom stereocenters. The van der Waals surface area contributed by atoms with Gasteiger partial charge in [-0.25, -0.2) is 13.1 Å². The summed E-state index contributed by atoms with van der Waals surface area (Å²) in [5.41, 5.74) is 4.83. The molecule has 0 fully saturated rings. The molecule has 2 aromatic heterocycles. The van der Waals surface area contributed by atoms with Gasteiger partial charge in [0.25, 0.3) is 0 Å². The van der Waals surface area contributed by atoms with E-state index in [9.17, 15) is 8.42 Å². The second-order valence-corrected chi connectivity index (χ2v) is 8.07. The van der Waals surface area contributed by atoms with Crippen molar-refractivity contribution in [3.05, 3.63) is 64.8 Å². The van der Waals surface area contributed by atoms with Crippen molar-refractivity contribution in [3.63, 3.8) is 0 Å². The van der Waals surface area contributed by atoms with Crippen LogP contribution in [0, 0.1) is 27.7 Å². The molecule has 2 heterocycles. The maximum atomic E-state index is 12.5. The van der Waals surface area contributed by atoms with E-state index >= 15 is 0 Å². The van der Waals surface area contributed by atoms with Gasteiger partial charge in [0.2, 0.25) is 10.0 Å². The van der Waals surface area contributed by atoms with Gasteiger partial charge in [-0.1, -0.05) is 23.4 Å². The summed E-state index contributed by atoms with van der Waals surface area (Å²) < 4.78 is 34.8. The van der Waals surface area contributed by atoms with E-state index in [4.69, 9.17) is 4.52 Å². The molecule has 0 radical (unpaired) electrons. The first kappa shape index (κ1) is 18.4. The van der Waals surface area contributed by atoms with Gasteiger partial charge in [0, 0.05) is 23.6 Å². The molecule has 0 aliphatic heterocycles. The van der Waals surface area contributed by atoms with Crippen molar-refractivity contribution in [2.75, 3.05) is 6.54 Å². The number of rotatable bonds is 6. The van der Waals surface area contributed by atoms with Crippen LogP contribution in [0.4, 0.5) is 0 Å². The summed E-state index contributed by atoms with van der Waals surface area (Å²) in [7, 11) is -3.63. The number of hydrogen-bond acceptors (Lipinski definition) is 4. The van der Waals surface area contributed by atoms with E-state index in [2.05, 4.69) is 46.5 Å². The molecule has 26 heavy (non-hydrogen) atoms. The Morgan fingerprint density at radius 2 is 1.81 bits per heavy atom. The normalized spacial score (nSPS) is 11.8. The standard InChI is InChI=1S/C19H23N3O3S/c1-13-12-17(15(3)22(13)18-8-6-5-7-9-18)10-11-20-26(23,24)19-14(2)21-25-16(19)4/h5-9,12,20H,10-11H2,1-4H3. The molecule has 0 spiro atoms. The molecule has 3 aromatic rings. The molecule has 0 aliphatic carbocycles. The van der Waals surface area contributed by atoms with E-state index < -0.39 is 10.0 Å². The molecule has 0 saturated carbocycles. The highest BCUT2D eigenvalue weighted by Gasteiger charge is 2.23. The van der Waals surface area contributed by atoms with Crippen molar-refractivity contribution < 1.29 is 12.9 Å². The minimum atomic E-state index is -3.63. The predicted molar refractivity (Wildman–Crippen MR) is 100 cm³/mol. The molecule has 1 N–H and O–H groups in total. The molecule has 0 saturated heterocycles. The Balaban J connectivity index is 1.75. The molecule has 7 heteroatoms. The van der Waals surface area contributed by atoms with E-state index in [-0.39, 0.29) is 4.90 Å². The highest BCUT2D eigenvalue weighted by atomic mass is 32.2. The van der Waals surface area contributed by atoms with Gasteiger partial charge >= 0.3 is 0 Å². The van der Waals surface area contributed by atoms with Crippen LogP contribution >= 0.6 is 0 Å². The van der Waals surface area contributed by atoms with E-state index in [0.29, 0.717) is 24.4 Å². The minimum absolute atomic E-state index is 0.132. The lowest BCUT2D eigenvalue weighted by atomic mass is 10.2. The van der Waals surface area contributed by atoms with Crippen LogP contribution in [-0.2, 0) is 16.4 Å². The second-order valence-electron chi connectivity index (χ2n) is 6.37. The van der Waals surface area contributed by atoms with Gasteiger partial charge in [-0.05, 0) is 57.9 Å². The third kappa shape index (κ3) is 3.45. The number of benzene rings is 1. The van der Waals surface area contributed by atoms with Crippen LogP contribution in [0.25, 0.3) is 5.69 Å². The Labute approximate surface area is 153 Å². The van der Waals surface area contributed by atoms with Crippen molar-refractivity contribution in [2.24, 2.45) is 0 Å². The Hall–Kier alpha value is -2.38. The lowest BCUT2D eigenvalue weighted by molar-refractivity contribution is 0.390. The Morgan fingerprint density at radius 1 is 1.12 bits per heavy atom. The summed E-state index contributed by atoms with van der Waals surface area (Å²) in [6.07, 6.45) is 0.606. The first-order valence-corrected chi connectivity index (χ1v) is 9.95. The molecule has 0 bridgehead atoms. The number of sulfonamides is 1. The summed E-state index contributed by atoms with van der Waals surface area (Å²) in [5, 5.41) is 3.71. The number of nitrogens with zero attached hydrogens (tertiary/aromatic N) is 2. The Bertz CT molecular complexity index is 998. The number of para-hydroxylation sites is 1. The Kier molecular flexibility index (Phi) is 5.02. The van der Waals surface area contributed by atoms with Gasteiger partial charge in [-0.3, -0.25) is 0 Å². The van der Waals surface area contributed by atoms with Gasteiger partial charge < -0.3 is 9.09 Å². The third-order valence-electron chi connectivity index (χ3n) is 4.47. The van der Waals surface area contributed by atoms with Crippen LogP contribution in [-0.4, -0.2) is 24.7 Å². The molecule has 138 valence electrons. The average Bonchev–Trinajstić information content (AvgIpc) is 3.07. The molecular formula is C19H23N3O3S. The molecule has 6 nitrogen and oxygen atoms in total. The molecule has 0 amide bonds. The van der Waals surface area contributed by atoms with Gasteiger partial charge in [-0.15, -0.1) is 0 Å². The summed E-state index contributed by atoms with van der Waals surface area (Å²) >= 11 is 0. The van der Waals surface area contributed by atoms with Crippen LogP contribution in [0.3, 0.4) is 0 Å². The van der Waals surface area contributed by atoms with Gasteiger partial charge in [0.1, 0.15) is 10.6 Å². The van der Waals surface area contributed by atoms with Crippen molar-refractivity contribution in [2.45, 2.75) is 39.0 Å². The first-order valence-electron chi connectivity index (χ1n) is 8.47. The average molecular weight is 373 g/mol. The van der Waals surface area contributed by atoms with Gasteiger partial charge in [-0.2, -0.15) is 0 Å². The van der Waals surface area contributed by atoms with Crippen molar-refractivity contribution >= 4 is 10.0 Å². The van der Waals surface area contributed by atoms with Crippen molar-refractivity contribution in [3.8, 4) is 5.69 Å². The lowest BCUT2D eigenvalue weighted by Crippen LogP contribution is -2.26. The van der Waals surface area contributed by atoms with Crippen LogP contribution in [0.2, 0.25) is 0 Å². The largest absolute Gasteiger partial charge is 0.360 e. The first-order chi connectivity index (χ1) is 12.3. The number of aryl methyl sites for hydroxylation is 3. The topological polar surface area (TPSA) is 77.1 Å². The molecule has 1 aromatic carbocycles. The fraction of sp³-hybridized carbons (Fsp3) is 0.316. The fourth-order valence-corrected chi connectivity index (χ4v) is 4.66. The van der Waals surface area contributed by atoms with E-state index in [1.807, 2.05) is 18.2 Å². The maximum absolute atomic E-state index is 12.5. The Morgan fingerprint density at radius 3 is 2.42 bits per heavy atom. The van der Waals surface area contributed by atoms with Crippen LogP contribution < -0.4 is 4.72 Å². The highest BCUT2D eigenvalue weighted by molar-refractivity contribution is 7.89. The summed E-state index contributed by atoms with van der Waals surface area (Å²) in [6, 6.07) is 12.2. The zero-order chi connectivity index (χ0) is 18.9. The minimum Gasteiger partial charge on any atom is -0.360 e. The molecule has 0 unspecified atom stereocenters.